The van der Waals surface area contributed by atoms with Gasteiger partial charge < -0.3 is 23.5 Å². The normalized spacial score (nSPS) is 19.6. The number of piperidine rings is 1. The average Bonchev–Trinajstić information content (AvgIpc) is 3.33. The van der Waals surface area contributed by atoms with Crippen LogP contribution in [0.4, 0.5) is 0 Å². The summed E-state index contributed by atoms with van der Waals surface area (Å²) >= 11 is 0. The molecule has 3 aromatic heterocycles. The molecule has 0 bridgehead atoms. The van der Waals surface area contributed by atoms with Gasteiger partial charge in [0, 0.05) is 36.4 Å². The van der Waals surface area contributed by atoms with Gasteiger partial charge in [-0.05, 0) is 68.2 Å². The molecule has 0 unspecified atom stereocenters. The first kappa shape index (κ1) is 27.9. The molecule has 10 nitrogen and oxygen atoms in total. The van der Waals surface area contributed by atoms with Crippen LogP contribution in [0.1, 0.15) is 64.2 Å². The van der Waals surface area contributed by atoms with E-state index in [1.807, 2.05) is 36.5 Å². The molecule has 3 aliphatic heterocycles. The van der Waals surface area contributed by atoms with E-state index in [9.17, 15) is 4.79 Å². The minimum atomic E-state index is -0.341. The topological polar surface area (TPSA) is 101 Å². The van der Waals surface area contributed by atoms with Gasteiger partial charge >= 0.3 is 5.97 Å². The van der Waals surface area contributed by atoms with E-state index in [0.717, 1.165) is 93.5 Å². The van der Waals surface area contributed by atoms with Gasteiger partial charge in [0.1, 0.15) is 12.4 Å². The monoisotopic (exact) mass is 583 g/mol. The Labute approximate surface area is 251 Å². The van der Waals surface area contributed by atoms with Crippen LogP contribution in [0.5, 0.6) is 5.88 Å². The van der Waals surface area contributed by atoms with E-state index in [0.29, 0.717) is 29.9 Å². The maximum atomic E-state index is 12.2. The van der Waals surface area contributed by atoms with Crippen LogP contribution >= 0.6 is 0 Å². The van der Waals surface area contributed by atoms with Crippen LogP contribution in [-0.4, -0.2) is 76.5 Å². The van der Waals surface area contributed by atoms with Crippen molar-refractivity contribution in [2.75, 3.05) is 40.0 Å². The van der Waals surface area contributed by atoms with Gasteiger partial charge in [-0.25, -0.2) is 14.8 Å². The minimum absolute atomic E-state index is 0.182. The number of hydrogen-bond acceptors (Lipinski definition) is 9. The molecule has 224 valence electrons. The molecule has 43 heavy (non-hydrogen) atoms. The molecule has 0 aliphatic carbocycles. The predicted octanol–water partition coefficient (Wildman–Crippen LogP) is 4.47. The molecule has 0 radical (unpaired) electrons. The smallest absolute Gasteiger partial charge is 0.337 e. The van der Waals surface area contributed by atoms with Gasteiger partial charge in [0.25, 0.3) is 0 Å². The molecule has 0 N–H and O–H groups in total. The van der Waals surface area contributed by atoms with Crippen molar-refractivity contribution in [1.82, 2.24) is 24.4 Å². The highest BCUT2D eigenvalue weighted by Gasteiger charge is 2.26. The number of methoxy groups -OCH3 is 1. The minimum Gasteiger partial charge on any atom is -0.471 e. The van der Waals surface area contributed by atoms with Crippen molar-refractivity contribution in [3.05, 3.63) is 83.1 Å². The number of benzene rings is 1. The average molecular weight is 584 g/mol. The lowest BCUT2D eigenvalue weighted by Crippen LogP contribution is -2.35. The fraction of sp³-hybridized carbons (Fsp3) is 0.455. The molecule has 3 saturated heterocycles. The fourth-order valence-corrected chi connectivity index (χ4v) is 6.04. The molecular formula is C33H37N5O5. The van der Waals surface area contributed by atoms with Crippen LogP contribution in [-0.2, 0) is 33.9 Å². The molecule has 3 aliphatic rings. The van der Waals surface area contributed by atoms with E-state index < -0.39 is 0 Å². The number of aromatic nitrogens is 4. The molecular weight excluding hydrogens is 546 g/mol. The Balaban J connectivity index is 0.978. The lowest BCUT2D eigenvalue weighted by Gasteiger charge is -2.32. The molecule has 4 aromatic rings. The van der Waals surface area contributed by atoms with Crippen LogP contribution in [0.25, 0.3) is 11.0 Å². The zero-order chi connectivity index (χ0) is 29.2. The highest BCUT2D eigenvalue weighted by molar-refractivity contribution is 5.93. The van der Waals surface area contributed by atoms with E-state index in [-0.39, 0.29) is 12.1 Å². The lowest BCUT2D eigenvalue weighted by molar-refractivity contribution is -0.0592. The van der Waals surface area contributed by atoms with Crippen LogP contribution in [0, 0.1) is 0 Å². The summed E-state index contributed by atoms with van der Waals surface area (Å²) < 4.78 is 24.2. The van der Waals surface area contributed by atoms with Crippen molar-refractivity contribution in [3.63, 3.8) is 0 Å². The van der Waals surface area contributed by atoms with E-state index >= 15 is 0 Å². The van der Waals surface area contributed by atoms with Crippen LogP contribution in [0.15, 0.2) is 54.7 Å². The Morgan fingerprint density at radius 3 is 2.58 bits per heavy atom. The third-order valence-corrected chi connectivity index (χ3v) is 8.87. The van der Waals surface area contributed by atoms with Crippen LogP contribution in [0.2, 0.25) is 0 Å². The molecule has 0 amide bonds. The maximum Gasteiger partial charge on any atom is 0.337 e. The molecule has 1 atom stereocenters. The standard InChI is InChI=1S/C33H37N5O5/c1-40-33(39)23-6-8-29-30(15-23)38(17-27-11-14-42-27)31(35-29)18-37-12-9-22(10-13-37)28-3-2-4-32(36-28)43-21-26-7-5-24(16-34-26)25-19-41-20-25/h2-8,15-16,22,25,27H,9-14,17-21H2,1H3/t27-/m0/s1. The number of pyridine rings is 2. The SMILES string of the molecule is COC(=O)c1ccc2nc(CN3CCC(c4cccc(OCc5ccc(C6COC6)cn5)n4)CC3)n(C[C@@H]3CCO3)c2c1. The predicted molar refractivity (Wildman–Crippen MR) is 159 cm³/mol. The zero-order valence-electron chi connectivity index (χ0n) is 24.5. The second-order valence-corrected chi connectivity index (χ2v) is 11.7. The Hall–Kier alpha value is -3.86. The summed E-state index contributed by atoms with van der Waals surface area (Å²) in [5.74, 6) is 2.15. The number of likely N-dealkylation sites (tertiary alicyclic amines) is 1. The van der Waals surface area contributed by atoms with E-state index in [2.05, 4.69) is 26.6 Å². The first-order chi connectivity index (χ1) is 21.1. The lowest BCUT2D eigenvalue weighted by atomic mass is 9.93. The molecule has 0 saturated carbocycles. The summed E-state index contributed by atoms with van der Waals surface area (Å²) in [5.41, 5.74) is 5.56. The van der Waals surface area contributed by atoms with Gasteiger partial charge in [0.05, 0.1) is 61.8 Å². The Kier molecular flexibility index (Phi) is 8.06. The summed E-state index contributed by atoms with van der Waals surface area (Å²) in [5, 5.41) is 0. The maximum absolute atomic E-state index is 12.2. The largest absolute Gasteiger partial charge is 0.471 e. The quantitative estimate of drug-likeness (QED) is 0.250. The van der Waals surface area contributed by atoms with Crippen molar-refractivity contribution in [2.45, 2.75) is 56.9 Å². The third kappa shape index (κ3) is 6.13. The van der Waals surface area contributed by atoms with E-state index in [1.54, 1.807) is 6.07 Å². The summed E-state index contributed by atoms with van der Waals surface area (Å²) in [4.78, 5) is 29.0. The highest BCUT2D eigenvalue weighted by Crippen LogP contribution is 2.30. The second-order valence-electron chi connectivity index (χ2n) is 11.7. The van der Waals surface area contributed by atoms with Gasteiger partial charge in [-0.15, -0.1) is 0 Å². The summed E-state index contributed by atoms with van der Waals surface area (Å²) in [7, 11) is 1.41. The molecule has 3 fully saturated rings. The molecule has 0 spiro atoms. The summed E-state index contributed by atoms with van der Waals surface area (Å²) in [6, 6.07) is 15.8. The van der Waals surface area contributed by atoms with E-state index in [1.165, 1.54) is 12.7 Å². The fourth-order valence-electron chi connectivity index (χ4n) is 6.04. The molecule has 1 aromatic carbocycles. The number of carbonyl (C=O) groups is 1. The van der Waals surface area contributed by atoms with Crippen molar-refractivity contribution in [2.24, 2.45) is 0 Å². The Morgan fingerprint density at radius 2 is 1.88 bits per heavy atom. The van der Waals surface area contributed by atoms with Gasteiger partial charge in [0.15, 0.2) is 0 Å². The second kappa shape index (κ2) is 12.4. The molecule has 7 rings (SSSR count). The number of imidazole rings is 1. The number of nitrogens with zero attached hydrogens (tertiary/aromatic N) is 5. The molecule has 6 heterocycles. The Morgan fingerprint density at radius 1 is 1.02 bits per heavy atom. The van der Waals surface area contributed by atoms with Crippen molar-refractivity contribution in [3.8, 4) is 5.88 Å². The molecule has 10 heteroatoms. The summed E-state index contributed by atoms with van der Waals surface area (Å²) in [6.45, 7) is 6.15. The number of hydrogen-bond donors (Lipinski definition) is 0. The van der Waals surface area contributed by atoms with Gasteiger partial charge in [-0.3, -0.25) is 9.88 Å². The van der Waals surface area contributed by atoms with Crippen molar-refractivity contribution in [1.29, 1.82) is 0 Å². The number of fused-ring (bicyclic) bond motifs is 1. The number of ether oxygens (including phenoxy) is 4. The van der Waals surface area contributed by atoms with Crippen molar-refractivity contribution >= 4 is 17.0 Å². The number of rotatable bonds is 10. The van der Waals surface area contributed by atoms with Crippen LogP contribution in [0.3, 0.4) is 0 Å². The van der Waals surface area contributed by atoms with Crippen molar-refractivity contribution < 1.29 is 23.7 Å². The first-order valence-electron chi connectivity index (χ1n) is 15.2. The number of carbonyl (C=O) groups excluding carboxylic acids is 1. The first-order valence-corrected chi connectivity index (χ1v) is 15.2. The van der Waals surface area contributed by atoms with Crippen LogP contribution < -0.4 is 4.74 Å². The number of esters is 1. The van der Waals surface area contributed by atoms with Gasteiger partial charge in [-0.2, -0.15) is 0 Å². The van der Waals surface area contributed by atoms with Gasteiger partial charge in [-0.1, -0.05) is 12.1 Å². The summed E-state index contributed by atoms with van der Waals surface area (Å²) in [6.07, 6.45) is 5.18. The Bertz CT molecular complexity index is 1570. The highest BCUT2D eigenvalue weighted by atomic mass is 16.5. The van der Waals surface area contributed by atoms with Gasteiger partial charge in [0.2, 0.25) is 5.88 Å². The zero-order valence-corrected chi connectivity index (χ0v) is 24.5. The third-order valence-electron chi connectivity index (χ3n) is 8.87. The van der Waals surface area contributed by atoms with E-state index in [4.69, 9.17) is 28.9 Å².